The fourth-order valence-corrected chi connectivity index (χ4v) is 1.36. The van der Waals surface area contributed by atoms with Crippen LogP contribution in [0, 0.1) is 11.8 Å². The van der Waals surface area contributed by atoms with E-state index in [1.54, 1.807) is 6.26 Å². The van der Waals surface area contributed by atoms with E-state index in [4.69, 9.17) is 4.74 Å². The average Bonchev–Trinajstić information content (AvgIpc) is 2.43. The van der Waals surface area contributed by atoms with Gasteiger partial charge in [-0.3, -0.25) is 4.79 Å². The molecule has 0 radical (unpaired) electrons. The molecule has 0 aromatic rings. The van der Waals surface area contributed by atoms with Crippen molar-refractivity contribution in [3.8, 4) is 0 Å². The maximum absolute atomic E-state index is 10.9. The highest BCUT2D eigenvalue weighted by molar-refractivity contribution is 5.78. The lowest BCUT2D eigenvalue weighted by Gasteiger charge is -1.97. The minimum atomic E-state index is -0.153. The van der Waals surface area contributed by atoms with E-state index in [0.29, 0.717) is 5.92 Å². The van der Waals surface area contributed by atoms with Crippen LogP contribution in [0.2, 0.25) is 0 Å². The fraction of sp³-hybridized carbons (Fsp3) is 0.571. The lowest BCUT2D eigenvalue weighted by atomic mass is 10.3. The summed E-state index contributed by atoms with van der Waals surface area (Å²) in [5.74, 6) is 0.127. The molecule has 2 aliphatic rings. The van der Waals surface area contributed by atoms with E-state index in [0.717, 1.165) is 0 Å². The number of hydrogen-bond donors (Lipinski definition) is 0. The molecule has 3 heteroatoms. The Morgan fingerprint density at radius 1 is 1.70 bits per heavy atom. The molecule has 1 aliphatic carbocycles. The van der Waals surface area contributed by atoms with Gasteiger partial charge in [-0.25, -0.2) is 0 Å². The minimum Gasteiger partial charge on any atom is -0.497 e. The zero-order valence-electron chi connectivity index (χ0n) is 5.61. The van der Waals surface area contributed by atoms with Gasteiger partial charge in [0.05, 0.1) is 13.4 Å². The van der Waals surface area contributed by atoms with Gasteiger partial charge >= 0.3 is 5.97 Å². The quantitative estimate of drug-likeness (QED) is 0.492. The molecule has 1 aliphatic heterocycles. The Kier molecular flexibility index (Phi) is 1.01. The Bertz CT molecular complexity index is 197. The summed E-state index contributed by atoms with van der Waals surface area (Å²) in [7, 11) is 1.40. The monoisotopic (exact) mass is 140 g/mol. The van der Waals surface area contributed by atoms with Crippen molar-refractivity contribution >= 4 is 5.97 Å². The van der Waals surface area contributed by atoms with E-state index < -0.39 is 0 Å². The first-order valence-electron chi connectivity index (χ1n) is 3.24. The molecular formula is C7H8O3. The fourth-order valence-electron chi connectivity index (χ4n) is 1.36. The van der Waals surface area contributed by atoms with Gasteiger partial charge in [0.15, 0.2) is 0 Å². The van der Waals surface area contributed by atoms with Crippen molar-refractivity contribution in [1.82, 2.24) is 0 Å². The van der Waals surface area contributed by atoms with Gasteiger partial charge in [0.25, 0.3) is 0 Å². The molecule has 3 atom stereocenters. The molecule has 1 heterocycles. The van der Waals surface area contributed by atoms with Gasteiger partial charge in [-0.05, 0) is 6.08 Å². The van der Waals surface area contributed by atoms with E-state index in [9.17, 15) is 4.79 Å². The van der Waals surface area contributed by atoms with Crippen LogP contribution in [-0.2, 0) is 14.3 Å². The standard InChI is InChI=1S/C7H8O3/c1-9-7(8)5-4-2-3-10-6(4)5/h2-6H,1H3. The number of carbonyl (C=O) groups is 1. The molecule has 0 bridgehead atoms. The summed E-state index contributed by atoms with van der Waals surface area (Å²) in [6.45, 7) is 0. The molecule has 0 amide bonds. The number of rotatable bonds is 1. The molecule has 0 spiro atoms. The third kappa shape index (κ3) is 0.574. The van der Waals surface area contributed by atoms with Crippen LogP contribution in [0.5, 0.6) is 0 Å². The third-order valence-electron chi connectivity index (χ3n) is 2.02. The first kappa shape index (κ1) is 5.77. The van der Waals surface area contributed by atoms with Crippen LogP contribution >= 0.6 is 0 Å². The highest BCUT2D eigenvalue weighted by atomic mass is 16.5. The first-order chi connectivity index (χ1) is 4.84. The average molecular weight is 140 g/mol. The Morgan fingerprint density at radius 2 is 2.50 bits per heavy atom. The summed E-state index contributed by atoms with van der Waals surface area (Å²) in [6, 6.07) is 0. The predicted octanol–water partition coefficient (Wildman–Crippen LogP) is 0.318. The number of hydrogen-bond acceptors (Lipinski definition) is 3. The number of ether oxygens (including phenoxy) is 2. The van der Waals surface area contributed by atoms with Crippen LogP contribution in [0.25, 0.3) is 0 Å². The lowest BCUT2D eigenvalue weighted by molar-refractivity contribution is -0.143. The molecule has 54 valence electrons. The number of esters is 1. The van der Waals surface area contributed by atoms with Crippen molar-refractivity contribution in [2.75, 3.05) is 7.11 Å². The molecular weight excluding hydrogens is 132 g/mol. The zero-order chi connectivity index (χ0) is 7.14. The molecule has 0 aromatic carbocycles. The van der Waals surface area contributed by atoms with Gasteiger partial charge < -0.3 is 9.47 Å². The van der Waals surface area contributed by atoms with Crippen LogP contribution in [0.4, 0.5) is 0 Å². The second-order valence-electron chi connectivity index (χ2n) is 2.56. The van der Waals surface area contributed by atoms with Gasteiger partial charge in [0, 0.05) is 5.92 Å². The van der Waals surface area contributed by atoms with Gasteiger partial charge in [0.2, 0.25) is 0 Å². The van der Waals surface area contributed by atoms with Crippen molar-refractivity contribution < 1.29 is 14.3 Å². The number of methoxy groups -OCH3 is 1. The molecule has 1 saturated carbocycles. The molecule has 0 N–H and O–H groups in total. The van der Waals surface area contributed by atoms with Crippen LogP contribution in [-0.4, -0.2) is 19.2 Å². The Morgan fingerprint density at radius 3 is 3.00 bits per heavy atom. The van der Waals surface area contributed by atoms with Crippen molar-refractivity contribution in [1.29, 1.82) is 0 Å². The van der Waals surface area contributed by atoms with E-state index in [1.165, 1.54) is 7.11 Å². The van der Waals surface area contributed by atoms with E-state index in [2.05, 4.69) is 4.74 Å². The third-order valence-corrected chi connectivity index (χ3v) is 2.02. The molecule has 2 rings (SSSR count). The molecule has 0 aromatic heterocycles. The number of carbonyl (C=O) groups excluding carboxylic acids is 1. The van der Waals surface area contributed by atoms with Crippen molar-refractivity contribution in [2.45, 2.75) is 6.10 Å². The summed E-state index contributed by atoms with van der Waals surface area (Å²) in [4.78, 5) is 10.9. The molecule has 3 nitrogen and oxygen atoms in total. The van der Waals surface area contributed by atoms with Crippen molar-refractivity contribution in [2.24, 2.45) is 11.8 Å². The van der Waals surface area contributed by atoms with Crippen LogP contribution in [0.1, 0.15) is 0 Å². The maximum Gasteiger partial charge on any atom is 0.313 e. The van der Waals surface area contributed by atoms with Gasteiger partial charge in [-0.1, -0.05) is 0 Å². The Balaban J connectivity index is 2.01. The largest absolute Gasteiger partial charge is 0.497 e. The van der Waals surface area contributed by atoms with Crippen molar-refractivity contribution in [3.63, 3.8) is 0 Å². The van der Waals surface area contributed by atoms with Gasteiger partial charge in [0.1, 0.15) is 12.0 Å². The van der Waals surface area contributed by atoms with E-state index in [1.807, 2.05) is 6.08 Å². The molecule has 0 saturated heterocycles. The number of fused-ring (bicyclic) bond motifs is 1. The lowest BCUT2D eigenvalue weighted by Crippen LogP contribution is -2.07. The predicted molar refractivity (Wildman–Crippen MR) is 33.0 cm³/mol. The smallest absolute Gasteiger partial charge is 0.313 e. The van der Waals surface area contributed by atoms with E-state index >= 15 is 0 Å². The highest BCUT2D eigenvalue weighted by Crippen LogP contribution is 2.47. The van der Waals surface area contributed by atoms with Gasteiger partial charge in [-0.2, -0.15) is 0 Å². The summed E-state index contributed by atoms with van der Waals surface area (Å²) >= 11 is 0. The highest BCUT2D eigenvalue weighted by Gasteiger charge is 2.58. The van der Waals surface area contributed by atoms with E-state index in [-0.39, 0.29) is 18.0 Å². The molecule has 1 fully saturated rings. The summed E-state index contributed by atoms with van der Waals surface area (Å²) in [5.41, 5.74) is 0. The molecule has 3 unspecified atom stereocenters. The van der Waals surface area contributed by atoms with Crippen molar-refractivity contribution in [3.05, 3.63) is 12.3 Å². The van der Waals surface area contributed by atoms with Crippen LogP contribution < -0.4 is 0 Å². The normalized spacial score (nSPS) is 40.3. The zero-order valence-corrected chi connectivity index (χ0v) is 5.61. The topological polar surface area (TPSA) is 35.5 Å². The Labute approximate surface area is 58.6 Å². The first-order valence-corrected chi connectivity index (χ1v) is 3.24. The summed E-state index contributed by atoms with van der Waals surface area (Å²) < 4.78 is 9.64. The SMILES string of the molecule is COC(=O)C1C2C=COC21. The second kappa shape index (κ2) is 1.75. The second-order valence-corrected chi connectivity index (χ2v) is 2.56. The minimum absolute atomic E-state index is 0.0185. The Hall–Kier alpha value is -0.990. The van der Waals surface area contributed by atoms with Crippen LogP contribution in [0.15, 0.2) is 12.3 Å². The molecule has 10 heavy (non-hydrogen) atoms. The maximum atomic E-state index is 10.9. The summed E-state index contributed by atoms with van der Waals surface area (Å²) in [6.07, 6.45) is 3.65. The summed E-state index contributed by atoms with van der Waals surface area (Å²) in [5, 5.41) is 0. The van der Waals surface area contributed by atoms with Gasteiger partial charge in [-0.15, -0.1) is 0 Å². The van der Waals surface area contributed by atoms with Crippen LogP contribution in [0.3, 0.4) is 0 Å².